The SMILES string of the molecule is COc1ccc(OC)c(-c2csc(NC(=O)CCNC(=O)c3ccc4ccccc4c3)n2)c1. The van der Waals surface area contributed by atoms with Crippen molar-refractivity contribution in [2.45, 2.75) is 6.42 Å². The van der Waals surface area contributed by atoms with Crippen molar-refractivity contribution in [2.75, 3.05) is 26.1 Å². The molecule has 1 heterocycles. The summed E-state index contributed by atoms with van der Waals surface area (Å²) in [5.74, 6) is 0.907. The molecule has 0 spiro atoms. The van der Waals surface area contributed by atoms with Gasteiger partial charge in [0.2, 0.25) is 5.91 Å². The van der Waals surface area contributed by atoms with E-state index in [1.54, 1.807) is 20.3 Å². The summed E-state index contributed by atoms with van der Waals surface area (Å²) in [5, 5.41) is 9.95. The Balaban J connectivity index is 1.32. The van der Waals surface area contributed by atoms with Gasteiger partial charge in [-0.1, -0.05) is 30.3 Å². The first kappa shape index (κ1) is 22.3. The lowest BCUT2D eigenvalue weighted by Crippen LogP contribution is -2.27. The maximum absolute atomic E-state index is 12.4. The molecule has 0 aliphatic rings. The van der Waals surface area contributed by atoms with Crippen molar-refractivity contribution < 1.29 is 19.1 Å². The van der Waals surface area contributed by atoms with Crippen LogP contribution in [-0.2, 0) is 4.79 Å². The summed E-state index contributed by atoms with van der Waals surface area (Å²) in [4.78, 5) is 29.2. The Morgan fingerprint density at radius 2 is 1.79 bits per heavy atom. The maximum atomic E-state index is 12.4. The predicted octanol–water partition coefficient (Wildman–Crippen LogP) is 4.74. The van der Waals surface area contributed by atoms with E-state index in [0.717, 1.165) is 16.3 Å². The smallest absolute Gasteiger partial charge is 0.251 e. The number of nitrogens with one attached hydrogen (secondary N) is 2. The quantitative estimate of drug-likeness (QED) is 0.396. The molecule has 0 unspecified atom stereocenters. The molecule has 0 aliphatic heterocycles. The van der Waals surface area contributed by atoms with Crippen LogP contribution < -0.4 is 20.1 Å². The van der Waals surface area contributed by atoms with Crippen LogP contribution in [0.4, 0.5) is 5.13 Å². The highest BCUT2D eigenvalue weighted by Gasteiger charge is 2.13. The van der Waals surface area contributed by atoms with Crippen LogP contribution >= 0.6 is 11.3 Å². The average Bonchev–Trinajstić information content (AvgIpc) is 3.31. The summed E-state index contributed by atoms with van der Waals surface area (Å²) >= 11 is 1.32. The van der Waals surface area contributed by atoms with Gasteiger partial charge in [-0.2, -0.15) is 0 Å². The van der Waals surface area contributed by atoms with Gasteiger partial charge in [-0.3, -0.25) is 9.59 Å². The van der Waals surface area contributed by atoms with Gasteiger partial charge in [0.15, 0.2) is 5.13 Å². The van der Waals surface area contributed by atoms with E-state index in [-0.39, 0.29) is 24.8 Å². The molecule has 4 rings (SSSR count). The van der Waals surface area contributed by atoms with Gasteiger partial charge in [0.25, 0.3) is 5.91 Å². The third-order valence-electron chi connectivity index (χ3n) is 5.08. The number of hydrogen-bond acceptors (Lipinski definition) is 6. The summed E-state index contributed by atoms with van der Waals surface area (Å²) in [6.45, 7) is 0.222. The molecule has 2 amide bonds. The third-order valence-corrected chi connectivity index (χ3v) is 5.84. The molecule has 4 aromatic rings. The number of methoxy groups -OCH3 is 2. The van der Waals surface area contributed by atoms with Crippen LogP contribution in [-0.4, -0.2) is 37.6 Å². The number of amides is 2. The van der Waals surface area contributed by atoms with Gasteiger partial charge in [-0.15, -0.1) is 11.3 Å². The van der Waals surface area contributed by atoms with Crippen molar-refractivity contribution in [3.05, 3.63) is 71.6 Å². The van der Waals surface area contributed by atoms with E-state index in [9.17, 15) is 9.59 Å². The highest BCUT2D eigenvalue weighted by atomic mass is 32.1. The first-order chi connectivity index (χ1) is 16.1. The number of carbonyl (C=O) groups excluding carboxylic acids is 2. The van der Waals surface area contributed by atoms with E-state index in [0.29, 0.717) is 27.9 Å². The van der Waals surface area contributed by atoms with Gasteiger partial charge in [0.1, 0.15) is 11.5 Å². The van der Waals surface area contributed by atoms with E-state index >= 15 is 0 Å². The number of hydrogen-bond donors (Lipinski definition) is 2. The minimum atomic E-state index is -0.229. The third kappa shape index (κ3) is 5.30. The lowest BCUT2D eigenvalue weighted by Gasteiger charge is -2.08. The van der Waals surface area contributed by atoms with E-state index in [1.165, 1.54) is 11.3 Å². The van der Waals surface area contributed by atoms with Crippen LogP contribution in [0.2, 0.25) is 0 Å². The van der Waals surface area contributed by atoms with Crippen LogP contribution in [0.1, 0.15) is 16.8 Å². The van der Waals surface area contributed by atoms with E-state index < -0.39 is 0 Å². The lowest BCUT2D eigenvalue weighted by atomic mass is 10.1. The van der Waals surface area contributed by atoms with E-state index in [1.807, 2.05) is 60.0 Å². The molecule has 0 radical (unpaired) electrons. The molecule has 0 saturated carbocycles. The molecule has 168 valence electrons. The Labute approximate surface area is 195 Å². The van der Waals surface area contributed by atoms with Crippen LogP contribution in [0.5, 0.6) is 11.5 Å². The van der Waals surface area contributed by atoms with Gasteiger partial charge < -0.3 is 20.1 Å². The largest absolute Gasteiger partial charge is 0.497 e. The number of nitrogens with zero attached hydrogens (tertiary/aromatic N) is 1. The molecule has 7 nitrogen and oxygen atoms in total. The van der Waals surface area contributed by atoms with Crippen LogP contribution in [0.3, 0.4) is 0 Å². The van der Waals surface area contributed by atoms with Crippen molar-refractivity contribution in [3.8, 4) is 22.8 Å². The second kappa shape index (κ2) is 10.1. The molecule has 0 aliphatic carbocycles. The normalized spacial score (nSPS) is 10.6. The Morgan fingerprint density at radius 3 is 2.58 bits per heavy atom. The molecule has 8 heteroatoms. The standard InChI is InChI=1S/C25H23N3O4S/c1-31-19-9-10-22(32-2)20(14-19)21-15-33-25(27-21)28-23(29)11-12-26-24(30)18-8-7-16-5-3-4-6-17(16)13-18/h3-10,13-15H,11-12H2,1-2H3,(H,26,30)(H,27,28,29). The fourth-order valence-electron chi connectivity index (χ4n) is 3.37. The van der Waals surface area contributed by atoms with Gasteiger partial charge in [0, 0.05) is 29.5 Å². The van der Waals surface area contributed by atoms with Crippen molar-refractivity contribution >= 4 is 39.1 Å². The molecule has 3 aromatic carbocycles. The van der Waals surface area contributed by atoms with Gasteiger partial charge in [-0.25, -0.2) is 4.98 Å². The number of rotatable bonds is 8. The van der Waals surface area contributed by atoms with Crippen LogP contribution in [0.25, 0.3) is 22.0 Å². The average molecular weight is 462 g/mol. The number of anilines is 1. The number of aromatic nitrogens is 1. The second-order valence-electron chi connectivity index (χ2n) is 7.22. The number of fused-ring (bicyclic) bond motifs is 1. The van der Waals surface area contributed by atoms with Crippen molar-refractivity contribution in [1.82, 2.24) is 10.3 Å². The van der Waals surface area contributed by atoms with Gasteiger partial charge in [-0.05, 0) is 41.1 Å². The summed E-state index contributed by atoms with van der Waals surface area (Å²) in [6, 6.07) is 18.8. The number of benzene rings is 3. The maximum Gasteiger partial charge on any atom is 0.251 e. The molecule has 0 bridgehead atoms. The molecule has 0 saturated heterocycles. The number of carbonyl (C=O) groups is 2. The van der Waals surface area contributed by atoms with Gasteiger partial charge in [0.05, 0.1) is 19.9 Å². The molecular weight excluding hydrogens is 438 g/mol. The number of thiazole rings is 1. The molecular formula is C25H23N3O4S. The molecule has 1 aromatic heterocycles. The fourth-order valence-corrected chi connectivity index (χ4v) is 4.10. The molecule has 2 N–H and O–H groups in total. The first-order valence-electron chi connectivity index (χ1n) is 10.3. The summed E-state index contributed by atoms with van der Waals surface area (Å²) in [7, 11) is 3.18. The zero-order valence-corrected chi connectivity index (χ0v) is 19.1. The van der Waals surface area contributed by atoms with Crippen LogP contribution in [0, 0.1) is 0 Å². The van der Waals surface area contributed by atoms with Crippen molar-refractivity contribution in [2.24, 2.45) is 0 Å². The monoisotopic (exact) mass is 461 g/mol. The Bertz CT molecular complexity index is 1300. The highest BCUT2D eigenvalue weighted by Crippen LogP contribution is 2.35. The highest BCUT2D eigenvalue weighted by molar-refractivity contribution is 7.14. The Morgan fingerprint density at radius 1 is 0.970 bits per heavy atom. The second-order valence-corrected chi connectivity index (χ2v) is 8.08. The zero-order valence-electron chi connectivity index (χ0n) is 18.3. The lowest BCUT2D eigenvalue weighted by molar-refractivity contribution is -0.116. The minimum Gasteiger partial charge on any atom is -0.497 e. The van der Waals surface area contributed by atoms with Crippen molar-refractivity contribution in [3.63, 3.8) is 0 Å². The van der Waals surface area contributed by atoms with E-state index in [2.05, 4.69) is 15.6 Å². The van der Waals surface area contributed by atoms with Crippen LogP contribution in [0.15, 0.2) is 66.0 Å². The molecule has 0 fully saturated rings. The molecule has 33 heavy (non-hydrogen) atoms. The number of ether oxygens (including phenoxy) is 2. The summed E-state index contributed by atoms with van der Waals surface area (Å²) in [5.41, 5.74) is 2.01. The predicted molar refractivity (Wildman–Crippen MR) is 130 cm³/mol. The molecule has 0 atom stereocenters. The Kier molecular flexibility index (Phi) is 6.85. The minimum absolute atomic E-state index is 0.136. The van der Waals surface area contributed by atoms with Crippen molar-refractivity contribution in [1.29, 1.82) is 0 Å². The van der Waals surface area contributed by atoms with E-state index in [4.69, 9.17) is 9.47 Å². The van der Waals surface area contributed by atoms with Gasteiger partial charge >= 0.3 is 0 Å². The summed E-state index contributed by atoms with van der Waals surface area (Å²) in [6.07, 6.45) is 0.136. The first-order valence-corrected chi connectivity index (χ1v) is 11.2. The Hall–Kier alpha value is -3.91. The zero-order chi connectivity index (χ0) is 23.2. The summed E-state index contributed by atoms with van der Waals surface area (Å²) < 4.78 is 10.7. The topological polar surface area (TPSA) is 89.5 Å². The fraction of sp³-hybridized carbons (Fsp3) is 0.160.